The molecule has 1 unspecified atom stereocenters. The molecule has 1 rings (SSSR count). The lowest BCUT2D eigenvalue weighted by molar-refractivity contribution is 0.296. The molecule has 18 heavy (non-hydrogen) atoms. The number of hydrogen-bond acceptors (Lipinski definition) is 3. The lowest BCUT2D eigenvalue weighted by Gasteiger charge is -2.19. The highest BCUT2D eigenvalue weighted by Gasteiger charge is 2.10. The lowest BCUT2D eigenvalue weighted by Crippen LogP contribution is -2.23. The van der Waals surface area contributed by atoms with Gasteiger partial charge < -0.3 is 10.4 Å². The summed E-state index contributed by atoms with van der Waals surface area (Å²) in [6.07, 6.45) is 0.885. The molecule has 0 aliphatic rings. The fourth-order valence-electron chi connectivity index (χ4n) is 2.10. The first-order chi connectivity index (χ1) is 8.67. The van der Waals surface area contributed by atoms with Gasteiger partial charge in [0.2, 0.25) is 0 Å². The summed E-state index contributed by atoms with van der Waals surface area (Å²) in [5.74, 6) is 2.10. The van der Waals surface area contributed by atoms with Gasteiger partial charge in [-0.1, -0.05) is 36.2 Å². The van der Waals surface area contributed by atoms with E-state index in [9.17, 15) is 0 Å². The number of aryl methyl sites for hydroxylation is 2. The molecule has 2 N–H and O–H groups in total. The Morgan fingerprint density at radius 1 is 1.22 bits per heavy atom. The molecule has 0 radical (unpaired) electrons. The molecule has 0 heterocycles. The fourth-order valence-corrected chi connectivity index (χ4v) is 3.14. The smallest absolute Gasteiger partial charge is 0.0438 e. The van der Waals surface area contributed by atoms with Crippen LogP contribution in [0.1, 0.15) is 36.1 Å². The monoisotopic (exact) mass is 267 g/mol. The van der Waals surface area contributed by atoms with Gasteiger partial charge in [-0.05, 0) is 38.1 Å². The third-order valence-electron chi connectivity index (χ3n) is 2.83. The summed E-state index contributed by atoms with van der Waals surface area (Å²) < 4.78 is 0. The van der Waals surface area contributed by atoms with Gasteiger partial charge in [-0.2, -0.15) is 11.8 Å². The van der Waals surface area contributed by atoms with Crippen LogP contribution in [0.15, 0.2) is 18.2 Å². The summed E-state index contributed by atoms with van der Waals surface area (Å²) in [6, 6.07) is 7.17. The van der Waals surface area contributed by atoms with Crippen molar-refractivity contribution < 1.29 is 5.11 Å². The maximum atomic E-state index is 8.80. The van der Waals surface area contributed by atoms with Crippen molar-refractivity contribution in [3.05, 3.63) is 34.9 Å². The summed E-state index contributed by atoms with van der Waals surface area (Å²) >= 11 is 1.91. The largest absolute Gasteiger partial charge is 0.396 e. The average molecular weight is 267 g/mol. The number of hydrogen-bond donors (Lipinski definition) is 2. The van der Waals surface area contributed by atoms with Crippen LogP contribution >= 0.6 is 11.8 Å². The van der Waals surface area contributed by atoms with Crippen molar-refractivity contribution in [3.8, 4) is 0 Å². The van der Waals surface area contributed by atoms with Gasteiger partial charge in [-0.25, -0.2) is 0 Å². The van der Waals surface area contributed by atoms with Gasteiger partial charge in [0.15, 0.2) is 0 Å². The second-order valence-corrected chi connectivity index (χ2v) is 5.83. The molecule has 0 fully saturated rings. The van der Waals surface area contributed by atoms with E-state index < -0.39 is 0 Å². The van der Waals surface area contributed by atoms with Gasteiger partial charge in [0.1, 0.15) is 0 Å². The Kier molecular flexibility index (Phi) is 7.40. The Bertz CT molecular complexity index is 334. The molecule has 1 atom stereocenters. The van der Waals surface area contributed by atoms with Crippen LogP contribution in [0.5, 0.6) is 0 Å². The molecule has 0 spiro atoms. The Morgan fingerprint density at radius 2 is 1.89 bits per heavy atom. The van der Waals surface area contributed by atoms with Crippen LogP contribution in [0.4, 0.5) is 0 Å². The van der Waals surface area contributed by atoms with E-state index in [2.05, 4.69) is 44.3 Å². The van der Waals surface area contributed by atoms with E-state index in [-0.39, 0.29) is 0 Å². The second kappa shape index (κ2) is 8.57. The number of benzene rings is 1. The highest BCUT2D eigenvalue weighted by atomic mass is 32.2. The van der Waals surface area contributed by atoms with Crippen molar-refractivity contribution in [2.75, 3.05) is 24.7 Å². The summed E-state index contributed by atoms with van der Waals surface area (Å²) in [4.78, 5) is 0. The van der Waals surface area contributed by atoms with Gasteiger partial charge in [0.25, 0.3) is 0 Å². The van der Waals surface area contributed by atoms with Crippen LogP contribution in [0.25, 0.3) is 0 Å². The number of rotatable bonds is 8. The first-order valence-corrected chi connectivity index (χ1v) is 7.83. The van der Waals surface area contributed by atoms with Crippen LogP contribution in [-0.2, 0) is 0 Å². The highest BCUT2D eigenvalue weighted by Crippen LogP contribution is 2.21. The van der Waals surface area contributed by atoms with Gasteiger partial charge >= 0.3 is 0 Å². The third-order valence-corrected chi connectivity index (χ3v) is 3.97. The highest BCUT2D eigenvalue weighted by molar-refractivity contribution is 7.99. The normalized spacial score (nSPS) is 12.7. The van der Waals surface area contributed by atoms with E-state index >= 15 is 0 Å². The van der Waals surface area contributed by atoms with Gasteiger partial charge in [0.05, 0.1) is 0 Å². The van der Waals surface area contributed by atoms with E-state index in [1.165, 1.54) is 16.7 Å². The minimum Gasteiger partial charge on any atom is -0.396 e. The molecule has 1 aromatic carbocycles. The van der Waals surface area contributed by atoms with E-state index in [1.807, 2.05) is 11.8 Å². The predicted molar refractivity (Wildman–Crippen MR) is 81.4 cm³/mol. The minimum atomic E-state index is 0.294. The van der Waals surface area contributed by atoms with E-state index in [4.69, 9.17) is 5.11 Å². The number of aliphatic hydroxyl groups excluding tert-OH is 1. The minimum absolute atomic E-state index is 0.294. The predicted octanol–water partition coefficient (Wildman–Crippen LogP) is 3.07. The molecule has 0 saturated heterocycles. The maximum Gasteiger partial charge on any atom is 0.0438 e. The lowest BCUT2D eigenvalue weighted by atomic mass is 10.0. The van der Waals surface area contributed by atoms with Crippen molar-refractivity contribution in [1.82, 2.24) is 5.32 Å². The zero-order valence-corrected chi connectivity index (χ0v) is 12.5. The van der Waals surface area contributed by atoms with Crippen molar-refractivity contribution >= 4 is 11.8 Å². The maximum absolute atomic E-state index is 8.80. The van der Waals surface area contributed by atoms with Crippen LogP contribution in [0.2, 0.25) is 0 Å². The molecule has 0 aliphatic heterocycles. The van der Waals surface area contributed by atoms with E-state index in [0.29, 0.717) is 12.6 Å². The van der Waals surface area contributed by atoms with Gasteiger partial charge in [-0.3, -0.25) is 0 Å². The molecule has 1 aromatic rings. The Labute approximate surface area is 115 Å². The molecule has 0 amide bonds. The molecule has 3 heteroatoms. The number of thioether (sulfide) groups is 1. The molecular formula is C15H25NOS. The quantitative estimate of drug-likeness (QED) is 0.710. The fraction of sp³-hybridized carbons (Fsp3) is 0.600. The Morgan fingerprint density at radius 3 is 2.44 bits per heavy atom. The van der Waals surface area contributed by atoms with Crippen LogP contribution in [0.3, 0.4) is 0 Å². The van der Waals surface area contributed by atoms with Crippen LogP contribution in [-0.4, -0.2) is 29.8 Å². The first kappa shape index (κ1) is 15.5. The van der Waals surface area contributed by atoms with Crippen LogP contribution in [0, 0.1) is 13.8 Å². The van der Waals surface area contributed by atoms with E-state index in [0.717, 1.165) is 24.5 Å². The zero-order valence-electron chi connectivity index (χ0n) is 11.7. The summed E-state index contributed by atoms with van der Waals surface area (Å²) in [6.45, 7) is 7.73. The topological polar surface area (TPSA) is 32.3 Å². The van der Waals surface area contributed by atoms with Crippen molar-refractivity contribution in [3.63, 3.8) is 0 Å². The molecular weight excluding hydrogens is 242 g/mol. The number of nitrogens with one attached hydrogen (secondary N) is 1. The molecule has 0 aromatic heterocycles. The Balaban J connectivity index is 2.64. The molecule has 0 saturated carbocycles. The summed E-state index contributed by atoms with van der Waals surface area (Å²) in [7, 11) is 0. The Hall–Kier alpha value is -0.510. The van der Waals surface area contributed by atoms with Gasteiger partial charge in [-0.15, -0.1) is 0 Å². The summed E-state index contributed by atoms with van der Waals surface area (Å²) in [5.41, 5.74) is 4.03. The van der Waals surface area contributed by atoms with Gasteiger partial charge in [0, 0.05) is 18.4 Å². The summed E-state index contributed by atoms with van der Waals surface area (Å²) in [5, 5.41) is 12.3. The van der Waals surface area contributed by atoms with Crippen molar-refractivity contribution in [1.29, 1.82) is 0 Å². The standard InChI is InChI=1S/C15H25NOS/c1-4-16-15(11-18-7-5-6-17)14-9-12(2)8-13(3)10-14/h8-10,15-17H,4-7,11H2,1-3H3. The molecule has 0 aliphatic carbocycles. The average Bonchev–Trinajstić information content (AvgIpc) is 2.32. The van der Waals surface area contributed by atoms with Crippen LogP contribution < -0.4 is 5.32 Å². The van der Waals surface area contributed by atoms with E-state index in [1.54, 1.807) is 0 Å². The third kappa shape index (κ3) is 5.42. The SMILES string of the molecule is CCNC(CSCCCO)c1cc(C)cc(C)c1. The molecule has 2 nitrogen and oxygen atoms in total. The molecule has 0 bridgehead atoms. The molecule has 102 valence electrons. The van der Waals surface area contributed by atoms with Crippen molar-refractivity contribution in [2.24, 2.45) is 0 Å². The first-order valence-electron chi connectivity index (χ1n) is 6.67. The zero-order chi connectivity index (χ0) is 13.4. The van der Waals surface area contributed by atoms with Crippen molar-refractivity contribution in [2.45, 2.75) is 33.2 Å². The number of aliphatic hydroxyl groups is 1. The second-order valence-electron chi connectivity index (χ2n) is 4.68.